The van der Waals surface area contributed by atoms with Gasteiger partial charge in [0.1, 0.15) is 13.2 Å². The smallest absolute Gasteiger partial charge is 0.306 e. The minimum absolute atomic E-state index is 0.0626. The van der Waals surface area contributed by atoms with Crippen molar-refractivity contribution in [3.05, 3.63) is 0 Å². The monoisotopic (exact) mass is 947 g/mol. The minimum atomic E-state index is -0.763. The Morgan fingerprint density at radius 3 is 0.851 bits per heavy atom. The second-order valence-electron chi connectivity index (χ2n) is 21.7. The van der Waals surface area contributed by atoms with E-state index in [9.17, 15) is 14.4 Å². The van der Waals surface area contributed by atoms with Crippen LogP contribution in [0.2, 0.25) is 0 Å². The second-order valence-corrected chi connectivity index (χ2v) is 21.7. The fraction of sp³-hybridized carbons (Fsp3) is 0.951. The maximum Gasteiger partial charge on any atom is 0.306 e. The normalized spacial score (nSPS) is 12.4. The summed E-state index contributed by atoms with van der Waals surface area (Å²) in [5.41, 5.74) is 0. The van der Waals surface area contributed by atoms with Crippen LogP contribution in [0.25, 0.3) is 0 Å². The fourth-order valence-electron chi connectivity index (χ4n) is 9.37. The van der Waals surface area contributed by atoms with Crippen molar-refractivity contribution in [2.24, 2.45) is 11.8 Å². The molecule has 0 aromatic carbocycles. The van der Waals surface area contributed by atoms with Crippen LogP contribution in [0.3, 0.4) is 0 Å². The Bertz CT molecular complexity index is 1030. The second kappa shape index (κ2) is 53.8. The average Bonchev–Trinajstić information content (AvgIpc) is 3.31. The first-order chi connectivity index (χ1) is 32.8. The third-order valence-corrected chi connectivity index (χ3v) is 14.3. The van der Waals surface area contributed by atoms with Gasteiger partial charge in [-0.1, -0.05) is 304 Å². The van der Waals surface area contributed by atoms with Gasteiger partial charge >= 0.3 is 17.9 Å². The summed E-state index contributed by atoms with van der Waals surface area (Å²) in [5.74, 6) is 0.880. The maximum absolute atomic E-state index is 12.9. The third kappa shape index (κ3) is 53.6. The largest absolute Gasteiger partial charge is 0.462 e. The molecule has 2 atom stereocenters. The van der Waals surface area contributed by atoms with Gasteiger partial charge in [-0.05, 0) is 31.1 Å². The van der Waals surface area contributed by atoms with Crippen molar-refractivity contribution >= 4 is 17.9 Å². The molecule has 0 rings (SSSR count). The van der Waals surface area contributed by atoms with E-state index in [1.54, 1.807) is 0 Å². The van der Waals surface area contributed by atoms with E-state index in [2.05, 4.69) is 34.6 Å². The van der Waals surface area contributed by atoms with Crippen LogP contribution in [-0.4, -0.2) is 37.2 Å². The molecule has 6 heteroatoms. The molecule has 0 fully saturated rings. The van der Waals surface area contributed by atoms with Crippen LogP contribution in [-0.2, 0) is 28.6 Å². The number of hydrogen-bond acceptors (Lipinski definition) is 6. The van der Waals surface area contributed by atoms with Gasteiger partial charge in [-0.2, -0.15) is 0 Å². The summed E-state index contributed by atoms with van der Waals surface area (Å²) >= 11 is 0. The van der Waals surface area contributed by atoms with Crippen LogP contribution in [0.1, 0.15) is 343 Å². The van der Waals surface area contributed by atoms with E-state index in [1.165, 1.54) is 231 Å². The van der Waals surface area contributed by atoms with Gasteiger partial charge in [0.25, 0.3) is 0 Å². The van der Waals surface area contributed by atoms with E-state index in [-0.39, 0.29) is 31.1 Å². The summed E-state index contributed by atoms with van der Waals surface area (Å²) in [4.78, 5) is 38.2. The molecule has 398 valence electrons. The van der Waals surface area contributed by atoms with Crippen LogP contribution in [0.4, 0.5) is 0 Å². The number of unbranched alkanes of at least 4 members (excludes halogenated alkanes) is 39. The van der Waals surface area contributed by atoms with Gasteiger partial charge < -0.3 is 14.2 Å². The van der Waals surface area contributed by atoms with Gasteiger partial charge in [0.2, 0.25) is 0 Å². The Morgan fingerprint density at radius 1 is 0.313 bits per heavy atom. The lowest BCUT2D eigenvalue weighted by Gasteiger charge is -2.18. The van der Waals surface area contributed by atoms with Crippen LogP contribution >= 0.6 is 0 Å². The van der Waals surface area contributed by atoms with Gasteiger partial charge in [-0.3, -0.25) is 14.4 Å². The van der Waals surface area contributed by atoms with E-state index in [0.717, 1.165) is 69.6 Å². The highest BCUT2D eigenvalue weighted by Gasteiger charge is 2.19. The summed E-state index contributed by atoms with van der Waals surface area (Å²) in [5, 5.41) is 0. The summed E-state index contributed by atoms with van der Waals surface area (Å²) in [6, 6.07) is 0. The molecule has 0 radical (unpaired) electrons. The van der Waals surface area contributed by atoms with Crippen molar-refractivity contribution in [3.63, 3.8) is 0 Å². The highest BCUT2D eigenvalue weighted by Crippen LogP contribution is 2.19. The van der Waals surface area contributed by atoms with E-state index in [4.69, 9.17) is 14.2 Å². The Labute approximate surface area is 418 Å². The molecule has 0 spiro atoms. The zero-order chi connectivity index (χ0) is 48.9. The molecule has 1 unspecified atom stereocenters. The molecule has 0 heterocycles. The highest BCUT2D eigenvalue weighted by atomic mass is 16.6. The summed E-state index contributed by atoms with van der Waals surface area (Å²) in [7, 11) is 0. The Morgan fingerprint density at radius 2 is 0.567 bits per heavy atom. The number of hydrogen-bond donors (Lipinski definition) is 0. The molecule has 6 nitrogen and oxygen atoms in total. The van der Waals surface area contributed by atoms with Crippen LogP contribution < -0.4 is 0 Å². The molecule has 67 heavy (non-hydrogen) atoms. The lowest BCUT2D eigenvalue weighted by atomic mass is 9.99. The number of ether oxygens (including phenoxy) is 3. The van der Waals surface area contributed by atoms with E-state index < -0.39 is 6.10 Å². The molecule has 0 saturated heterocycles. The van der Waals surface area contributed by atoms with Crippen molar-refractivity contribution in [1.29, 1.82) is 0 Å². The van der Waals surface area contributed by atoms with Gasteiger partial charge in [0, 0.05) is 19.3 Å². The van der Waals surface area contributed by atoms with Gasteiger partial charge in [-0.25, -0.2) is 0 Å². The third-order valence-electron chi connectivity index (χ3n) is 14.3. The molecule has 0 aliphatic heterocycles. The zero-order valence-corrected chi connectivity index (χ0v) is 46.0. The van der Waals surface area contributed by atoms with E-state index in [1.807, 2.05) is 0 Å². The molecular formula is C61H118O6. The number of esters is 3. The average molecular weight is 948 g/mol. The summed E-state index contributed by atoms with van der Waals surface area (Å²) in [6.07, 6.45) is 58.1. The Kier molecular flexibility index (Phi) is 52.5. The first kappa shape index (κ1) is 65.4. The molecule has 0 aromatic heterocycles. The number of carbonyl (C=O) groups is 3. The van der Waals surface area contributed by atoms with Crippen molar-refractivity contribution < 1.29 is 28.6 Å². The summed E-state index contributed by atoms with van der Waals surface area (Å²) < 4.78 is 16.9. The first-order valence-corrected chi connectivity index (χ1v) is 30.3. The van der Waals surface area contributed by atoms with Crippen molar-refractivity contribution in [2.75, 3.05) is 13.2 Å². The molecule has 0 aromatic rings. The van der Waals surface area contributed by atoms with E-state index >= 15 is 0 Å². The van der Waals surface area contributed by atoms with Crippen LogP contribution in [0.5, 0.6) is 0 Å². The Hall–Kier alpha value is -1.59. The molecule has 0 N–H and O–H groups in total. The zero-order valence-electron chi connectivity index (χ0n) is 46.0. The quantitative estimate of drug-likeness (QED) is 0.0343. The molecule has 0 amide bonds. The number of rotatable bonds is 55. The van der Waals surface area contributed by atoms with Crippen LogP contribution in [0.15, 0.2) is 0 Å². The molecule has 0 bridgehead atoms. The van der Waals surface area contributed by atoms with Crippen molar-refractivity contribution in [3.8, 4) is 0 Å². The van der Waals surface area contributed by atoms with Crippen molar-refractivity contribution in [2.45, 2.75) is 349 Å². The molecule has 0 aliphatic rings. The predicted octanol–water partition coefficient (Wildman–Crippen LogP) is 20.0. The SMILES string of the molecule is CCCCCCCCCCCCCCCCCC(=O)OC[C@H](COC(=O)CCCCCCCCCCCC(C)C)OC(=O)CCCCCCCCCCCCCCCCCCCCC(C)CC. The lowest BCUT2D eigenvalue weighted by Crippen LogP contribution is -2.30. The van der Waals surface area contributed by atoms with Gasteiger partial charge in [-0.15, -0.1) is 0 Å². The lowest BCUT2D eigenvalue weighted by molar-refractivity contribution is -0.167. The minimum Gasteiger partial charge on any atom is -0.462 e. The van der Waals surface area contributed by atoms with Crippen molar-refractivity contribution in [1.82, 2.24) is 0 Å². The van der Waals surface area contributed by atoms with Gasteiger partial charge in [0.15, 0.2) is 6.10 Å². The standard InChI is InChI=1S/C61H118O6/c1-6-8-9-10-11-12-13-14-19-23-26-31-36-41-46-51-59(62)65-54-58(55-66-60(63)52-47-42-37-33-28-29-34-39-44-49-56(3)4)67-61(64)53-48-43-38-32-27-24-21-18-16-15-17-20-22-25-30-35-40-45-50-57(5)7-2/h56-58H,6-55H2,1-5H3/t57?,58-/m1/s1. The van der Waals surface area contributed by atoms with Crippen LogP contribution in [0, 0.1) is 11.8 Å². The number of carbonyl (C=O) groups excluding carboxylic acids is 3. The molecule has 0 aliphatic carbocycles. The van der Waals surface area contributed by atoms with E-state index in [0.29, 0.717) is 19.3 Å². The highest BCUT2D eigenvalue weighted by molar-refractivity contribution is 5.71. The maximum atomic E-state index is 12.9. The predicted molar refractivity (Wildman–Crippen MR) is 289 cm³/mol. The molecular weight excluding hydrogens is 829 g/mol. The van der Waals surface area contributed by atoms with Gasteiger partial charge in [0.05, 0.1) is 0 Å². The topological polar surface area (TPSA) is 78.9 Å². The molecule has 0 saturated carbocycles. The summed E-state index contributed by atoms with van der Waals surface area (Å²) in [6.45, 7) is 11.4. The first-order valence-electron chi connectivity index (χ1n) is 30.3. The Balaban J connectivity index is 4.24. The fourth-order valence-corrected chi connectivity index (χ4v) is 9.37.